The van der Waals surface area contributed by atoms with Crippen LogP contribution in [0.15, 0.2) is 72.8 Å². The van der Waals surface area contributed by atoms with Crippen LogP contribution in [0.2, 0.25) is 10.0 Å². The smallest absolute Gasteiger partial charge is 0.243 e. The Morgan fingerprint density at radius 3 is 2.05 bits per heavy atom. The maximum absolute atomic E-state index is 13.9. The van der Waals surface area contributed by atoms with Crippen LogP contribution >= 0.6 is 23.2 Å². The lowest BCUT2D eigenvalue weighted by molar-refractivity contribution is -0.141. The standard InChI is InChI=1S/C32H39Cl2N3O4S/c1-5-24-16-18-26(19-17-24)37(42(4,40)41)20-10-15-31(38)36(22-27-28(33)13-9-14-29(27)34)30(32(39)35-23(2)3)21-25-11-7-6-8-12-25/h6-9,11-14,16-19,23,30H,5,10,15,20-22H2,1-4H3,(H,35,39)/t30-/m0/s1. The van der Waals surface area contributed by atoms with E-state index in [0.29, 0.717) is 21.3 Å². The molecule has 3 aromatic rings. The number of sulfonamides is 1. The van der Waals surface area contributed by atoms with Gasteiger partial charge in [0.1, 0.15) is 6.04 Å². The summed E-state index contributed by atoms with van der Waals surface area (Å²) in [5.74, 6) is -0.597. The van der Waals surface area contributed by atoms with Gasteiger partial charge in [0, 0.05) is 47.6 Å². The molecule has 0 aromatic heterocycles. The van der Waals surface area contributed by atoms with E-state index >= 15 is 0 Å². The molecule has 0 saturated heterocycles. The summed E-state index contributed by atoms with van der Waals surface area (Å²) >= 11 is 13.0. The molecule has 0 aliphatic carbocycles. The Morgan fingerprint density at radius 1 is 0.881 bits per heavy atom. The predicted octanol–water partition coefficient (Wildman–Crippen LogP) is 6.27. The first-order valence-electron chi connectivity index (χ1n) is 14.0. The van der Waals surface area contributed by atoms with E-state index in [0.717, 1.165) is 23.8 Å². The van der Waals surface area contributed by atoms with E-state index in [2.05, 4.69) is 5.32 Å². The lowest BCUT2D eigenvalue weighted by atomic mass is 10.0. The molecule has 2 amide bonds. The van der Waals surface area contributed by atoms with Gasteiger partial charge in [0.2, 0.25) is 21.8 Å². The average Bonchev–Trinajstić information content (AvgIpc) is 2.94. The highest BCUT2D eigenvalue weighted by Gasteiger charge is 2.31. The molecule has 0 unspecified atom stereocenters. The van der Waals surface area contributed by atoms with Gasteiger partial charge >= 0.3 is 0 Å². The molecule has 1 atom stereocenters. The van der Waals surface area contributed by atoms with Crippen molar-refractivity contribution >= 4 is 50.7 Å². The van der Waals surface area contributed by atoms with Gasteiger partial charge in [-0.1, -0.05) is 78.7 Å². The monoisotopic (exact) mass is 631 g/mol. The van der Waals surface area contributed by atoms with E-state index in [1.54, 1.807) is 30.3 Å². The normalized spacial score (nSPS) is 12.2. The van der Waals surface area contributed by atoms with Gasteiger partial charge in [0.15, 0.2) is 0 Å². The third-order valence-electron chi connectivity index (χ3n) is 6.88. The van der Waals surface area contributed by atoms with Gasteiger partial charge in [-0.25, -0.2) is 8.42 Å². The Kier molecular flexibility index (Phi) is 12.3. The topological polar surface area (TPSA) is 86.8 Å². The number of aryl methyl sites for hydroxylation is 1. The van der Waals surface area contributed by atoms with Gasteiger partial charge in [-0.2, -0.15) is 0 Å². The van der Waals surface area contributed by atoms with Crippen molar-refractivity contribution in [3.63, 3.8) is 0 Å². The van der Waals surface area contributed by atoms with E-state index in [4.69, 9.17) is 23.2 Å². The fraction of sp³-hybridized carbons (Fsp3) is 0.375. The predicted molar refractivity (Wildman–Crippen MR) is 171 cm³/mol. The second-order valence-electron chi connectivity index (χ2n) is 10.5. The summed E-state index contributed by atoms with van der Waals surface area (Å²) < 4.78 is 26.6. The highest BCUT2D eigenvalue weighted by atomic mass is 35.5. The molecule has 0 aliphatic rings. The maximum Gasteiger partial charge on any atom is 0.243 e. The third kappa shape index (κ3) is 9.48. The number of carbonyl (C=O) groups excluding carboxylic acids is 2. The molecule has 7 nitrogen and oxygen atoms in total. The highest BCUT2D eigenvalue weighted by molar-refractivity contribution is 7.92. The molecule has 0 bridgehead atoms. The van der Waals surface area contributed by atoms with Crippen molar-refractivity contribution in [2.24, 2.45) is 0 Å². The van der Waals surface area contributed by atoms with Crippen LogP contribution in [-0.2, 0) is 39.0 Å². The van der Waals surface area contributed by atoms with Crippen LogP contribution in [-0.4, -0.2) is 50.0 Å². The van der Waals surface area contributed by atoms with Crippen LogP contribution in [0.5, 0.6) is 0 Å². The van der Waals surface area contributed by atoms with Crippen LogP contribution in [0.4, 0.5) is 5.69 Å². The van der Waals surface area contributed by atoms with Crippen molar-refractivity contribution in [3.05, 3.63) is 99.5 Å². The zero-order chi connectivity index (χ0) is 30.9. The quantitative estimate of drug-likeness (QED) is 0.227. The number of carbonyl (C=O) groups is 2. The summed E-state index contributed by atoms with van der Waals surface area (Å²) in [5.41, 5.74) is 3.07. The Morgan fingerprint density at radius 2 is 1.50 bits per heavy atom. The second kappa shape index (κ2) is 15.4. The molecule has 42 heavy (non-hydrogen) atoms. The SMILES string of the molecule is CCc1ccc(N(CCCC(=O)N(Cc2c(Cl)cccc2Cl)[C@@H](Cc2ccccc2)C(=O)NC(C)C)S(C)(=O)=O)cc1. The first-order valence-corrected chi connectivity index (χ1v) is 16.6. The lowest BCUT2D eigenvalue weighted by Gasteiger charge is -2.33. The van der Waals surface area contributed by atoms with Gasteiger partial charge < -0.3 is 10.2 Å². The van der Waals surface area contributed by atoms with Gasteiger partial charge in [-0.15, -0.1) is 0 Å². The largest absolute Gasteiger partial charge is 0.352 e. The fourth-order valence-electron chi connectivity index (χ4n) is 4.69. The van der Waals surface area contributed by atoms with Crippen molar-refractivity contribution in [1.82, 2.24) is 10.2 Å². The molecule has 226 valence electrons. The number of benzene rings is 3. The van der Waals surface area contributed by atoms with Crippen molar-refractivity contribution in [2.75, 3.05) is 17.1 Å². The van der Waals surface area contributed by atoms with Crippen LogP contribution in [0, 0.1) is 0 Å². The third-order valence-corrected chi connectivity index (χ3v) is 8.78. The van der Waals surface area contributed by atoms with Gasteiger partial charge in [0.05, 0.1) is 11.9 Å². The second-order valence-corrected chi connectivity index (χ2v) is 13.3. The molecule has 0 heterocycles. The summed E-state index contributed by atoms with van der Waals surface area (Å²) in [5, 5.41) is 3.73. The van der Waals surface area contributed by atoms with Gasteiger partial charge in [-0.05, 0) is 62.1 Å². The van der Waals surface area contributed by atoms with E-state index in [1.165, 1.54) is 9.21 Å². The molecule has 0 fully saturated rings. The molecule has 10 heteroatoms. The van der Waals surface area contributed by atoms with E-state index in [1.807, 2.05) is 63.2 Å². The van der Waals surface area contributed by atoms with Crippen molar-refractivity contribution in [3.8, 4) is 0 Å². The van der Waals surface area contributed by atoms with Crippen molar-refractivity contribution < 1.29 is 18.0 Å². The van der Waals surface area contributed by atoms with E-state index < -0.39 is 16.1 Å². The lowest BCUT2D eigenvalue weighted by Crippen LogP contribution is -2.52. The van der Waals surface area contributed by atoms with E-state index in [9.17, 15) is 18.0 Å². The first kappa shape index (κ1) is 33.4. The van der Waals surface area contributed by atoms with Crippen LogP contribution in [0.1, 0.15) is 50.3 Å². The van der Waals surface area contributed by atoms with Crippen LogP contribution < -0.4 is 9.62 Å². The molecule has 1 N–H and O–H groups in total. The number of hydrogen-bond donors (Lipinski definition) is 1. The Labute approximate surface area is 259 Å². The number of nitrogens with zero attached hydrogens (tertiary/aromatic N) is 2. The Balaban J connectivity index is 1.91. The fourth-order valence-corrected chi connectivity index (χ4v) is 6.17. The Hall–Kier alpha value is -3.07. The highest BCUT2D eigenvalue weighted by Crippen LogP contribution is 2.28. The zero-order valence-electron chi connectivity index (χ0n) is 24.5. The number of anilines is 1. The maximum atomic E-state index is 13.9. The van der Waals surface area contributed by atoms with Gasteiger partial charge in [0.25, 0.3) is 0 Å². The summed E-state index contributed by atoms with van der Waals surface area (Å²) in [4.78, 5) is 29.0. The molecule has 0 aliphatic heterocycles. The molecule has 0 radical (unpaired) electrons. The first-order chi connectivity index (χ1) is 19.9. The van der Waals surface area contributed by atoms with Crippen LogP contribution in [0.25, 0.3) is 0 Å². The minimum Gasteiger partial charge on any atom is -0.352 e. The summed E-state index contributed by atoms with van der Waals surface area (Å²) in [7, 11) is -3.59. The number of rotatable bonds is 14. The average molecular weight is 633 g/mol. The van der Waals surface area contributed by atoms with Gasteiger partial charge in [-0.3, -0.25) is 13.9 Å². The number of nitrogens with one attached hydrogen (secondary N) is 1. The van der Waals surface area contributed by atoms with Crippen LogP contribution in [0.3, 0.4) is 0 Å². The summed E-state index contributed by atoms with van der Waals surface area (Å²) in [6.45, 7) is 5.89. The molecular weight excluding hydrogens is 593 g/mol. The number of halogens is 2. The number of amides is 2. The molecule has 0 saturated carbocycles. The Bertz CT molecular complexity index is 1430. The molecule has 0 spiro atoms. The molecule has 3 aromatic carbocycles. The molecule has 3 rings (SSSR count). The van der Waals surface area contributed by atoms with Crippen molar-refractivity contribution in [2.45, 2.75) is 65.1 Å². The minimum atomic E-state index is -3.59. The zero-order valence-corrected chi connectivity index (χ0v) is 26.8. The minimum absolute atomic E-state index is 0.0153. The summed E-state index contributed by atoms with van der Waals surface area (Å²) in [6.07, 6.45) is 2.54. The summed E-state index contributed by atoms with van der Waals surface area (Å²) in [6, 6.07) is 21.0. The van der Waals surface area contributed by atoms with Crippen molar-refractivity contribution in [1.29, 1.82) is 0 Å². The molecular formula is C32H39Cl2N3O4S. The number of hydrogen-bond acceptors (Lipinski definition) is 4. The van der Waals surface area contributed by atoms with E-state index in [-0.39, 0.29) is 50.2 Å².